The van der Waals surface area contributed by atoms with E-state index in [9.17, 15) is 14.7 Å². The molecule has 2 aromatic rings. The first-order chi connectivity index (χ1) is 12.0. The second-order valence-electron chi connectivity index (χ2n) is 6.66. The van der Waals surface area contributed by atoms with Crippen molar-refractivity contribution in [2.75, 3.05) is 6.54 Å². The van der Waals surface area contributed by atoms with Crippen molar-refractivity contribution in [1.29, 1.82) is 0 Å². The Bertz CT molecular complexity index is 767. The number of carboxylic acids is 1. The monoisotopic (exact) mass is 358 g/mol. The van der Waals surface area contributed by atoms with Crippen molar-refractivity contribution >= 4 is 23.2 Å². The van der Waals surface area contributed by atoms with Crippen molar-refractivity contribution in [2.45, 2.75) is 45.1 Å². The van der Waals surface area contributed by atoms with Gasteiger partial charge in [-0.25, -0.2) is 9.78 Å². The molecule has 1 saturated heterocycles. The quantitative estimate of drug-likeness (QED) is 0.896. The number of benzene rings is 1. The lowest BCUT2D eigenvalue weighted by molar-refractivity contribution is -0.143. The van der Waals surface area contributed by atoms with Crippen LogP contribution in [0.4, 0.5) is 0 Å². The molecule has 2 heterocycles. The van der Waals surface area contributed by atoms with Gasteiger partial charge in [-0.3, -0.25) is 4.79 Å². The van der Waals surface area contributed by atoms with Gasteiger partial charge >= 0.3 is 5.97 Å². The summed E-state index contributed by atoms with van der Waals surface area (Å²) in [7, 11) is 0. The van der Waals surface area contributed by atoms with Crippen LogP contribution in [-0.4, -0.2) is 39.5 Å². The first kappa shape index (κ1) is 17.6. The zero-order valence-corrected chi connectivity index (χ0v) is 15.3. The normalized spacial score (nSPS) is 17.7. The van der Waals surface area contributed by atoms with Gasteiger partial charge in [0.25, 0.3) is 5.91 Å². The summed E-state index contributed by atoms with van der Waals surface area (Å²) in [6.45, 7) is 4.77. The number of carboxylic acid groups (broad SMARTS) is 1. The number of aliphatic carboxylic acids is 1. The molecule has 1 aliphatic rings. The number of carbonyl (C=O) groups excluding carboxylic acids is 1. The molecule has 132 valence electrons. The van der Waals surface area contributed by atoms with Crippen LogP contribution in [0.3, 0.4) is 0 Å². The lowest BCUT2D eigenvalue weighted by atomic mass is 10.0. The molecule has 5 nitrogen and oxygen atoms in total. The number of hydrogen-bond acceptors (Lipinski definition) is 4. The Kier molecular flexibility index (Phi) is 5.18. The van der Waals surface area contributed by atoms with Crippen molar-refractivity contribution in [3.63, 3.8) is 0 Å². The van der Waals surface area contributed by atoms with Crippen LogP contribution in [0.2, 0.25) is 0 Å². The van der Waals surface area contributed by atoms with Crippen LogP contribution < -0.4 is 0 Å². The van der Waals surface area contributed by atoms with Gasteiger partial charge in [-0.2, -0.15) is 0 Å². The first-order valence-electron chi connectivity index (χ1n) is 8.57. The van der Waals surface area contributed by atoms with E-state index in [1.165, 1.54) is 21.8 Å². The van der Waals surface area contributed by atoms with Crippen molar-refractivity contribution in [3.05, 3.63) is 40.9 Å². The van der Waals surface area contributed by atoms with E-state index in [1.54, 1.807) is 5.38 Å². The Hall–Kier alpha value is -2.21. The van der Waals surface area contributed by atoms with E-state index in [2.05, 4.69) is 31.0 Å². The number of hydrogen-bond donors (Lipinski definition) is 1. The number of thiazole rings is 1. The standard InChI is InChI=1S/C19H22N2O3S/c1-12(2)13-6-8-14(9-7-13)17-20-15(11-25-17)18(22)21-10-4-3-5-16(21)19(23)24/h6-9,11-12,16H,3-5,10H2,1-2H3,(H,23,24). The summed E-state index contributed by atoms with van der Waals surface area (Å²) >= 11 is 1.41. The molecule has 3 rings (SSSR count). The maximum atomic E-state index is 12.7. The number of rotatable bonds is 4. The van der Waals surface area contributed by atoms with Gasteiger partial charge in [-0.05, 0) is 30.7 Å². The van der Waals surface area contributed by atoms with E-state index >= 15 is 0 Å². The van der Waals surface area contributed by atoms with Gasteiger partial charge in [0, 0.05) is 17.5 Å². The van der Waals surface area contributed by atoms with Crippen LogP contribution in [0.5, 0.6) is 0 Å². The van der Waals surface area contributed by atoms with Crippen LogP contribution in [0.25, 0.3) is 10.6 Å². The average Bonchev–Trinajstić information content (AvgIpc) is 3.11. The number of piperidine rings is 1. The smallest absolute Gasteiger partial charge is 0.326 e. The van der Waals surface area contributed by atoms with Crippen LogP contribution in [0.15, 0.2) is 29.6 Å². The molecule has 0 saturated carbocycles. The Morgan fingerprint density at radius 1 is 1.24 bits per heavy atom. The molecule has 1 atom stereocenters. The molecule has 1 fully saturated rings. The zero-order valence-electron chi connectivity index (χ0n) is 14.4. The first-order valence-corrected chi connectivity index (χ1v) is 9.45. The largest absolute Gasteiger partial charge is 0.480 e. The van der Waals surface area contributed by atoms with Crippen molar-refractivity contribution < 1.29 is 14.7 Å². The van der Waals surface area contributed by atoms with E-state index in [0.717, 1.165) is 23.4 Å². The predicted octanol–water partition coefficient (Wildman–Crippen LogP) is 4.01. The maximum Gasteiger partial charge on any atom is 0.326 e. The van der Waals surface area contributed by atoms with Gasteiger partial charge in [-0.1, -0.05) is 38.1 Å². The van der Waals surface area contributed by atoms with Crippen LogP contribution in [0, 0.1) is 0 Å². The van der Waals surface area contributed by atoms with Crippen LogP contribution in [-0.2, 0) is 4.79 Å². The van der Waals surface area contributed by atoms with Crippen LogP contribution in [0.1, 0.15) is 55.1 Å². The van der Waals surface area contributed by atoms with Crippen LogP contribution >= 0.6 is 11.3 Å². The Morgan fingerprint density at radius 2 is 1.96 bits per heavy atom. The van der Waals surface area contributed by atoms with Gasteiger partial charge in [0.15, 0.2) is 0 Å². The molecular formula is C19H22N2O3S. The van der Waals surface area contributed by atoms with Gasteiger partial charge in [0.05, 0.1) is 0 Å². The molecule has 25 heavy (non-hydrogen) atoms. The van der Waals surface area contributed by atoms with Gasteiger partial charge < -0.3 is 10.0 Å². The molecule has 1 unspecified atom stereocenters. The third-order valence-electron chi connectivity index (χ3n) is 4.60. The predicted molar refractivity (Wildman–Crippen MR) is 98.0 cm³/mol. The third-order valence-corrected chi connectivity index (χ3v) is 5.49. The fourth-order valence-electron chi connectivity index (χ4n) is 3.09. The Balaban J connectivity index is 1.80. The minimum absolute atomic E-state index is 0.284. The fourth-order valence-corrected chi connectivity index (χ4v) is 3.89. The average molecular weight is 358 g/mol. The van der Waals surface area contributed by atoms with E-state index in [-0.39, 0.29) is 5.91 Å². The number of aromatic nitrogens is 1. The van der Waals surface area contributed by atoms with Gasteiger partial charge in [-0.15, -0.1) is 11.3 Å². The Morgan fingerprint density at radius 3 is 2.60 bits per heavy atom. The van der Waals surface area contributed by atoms with Crippen molar-refractivity contribution in [3.8, 4) is 10.6 Å². The fraction of sp³-hybridized carbons (Fsp3) is 0.421. The molecule has 6 heteroatoms. The maximum absolute atomic E-state index is 12.7. The number of amides is 1. The number of nitrogens with zero attached hydrogens (tertiary/aromatic N) is 2. The van der Waals surface area contributed by atoms with Gasteiger partial charge in [0.1, 0.15) is 16.7 Å². The topological polar surface area (TPSA) is 70.5 Å². The number of carbonyl (C=O) groups is 2. The number of likely N-dealkylation sites (tertiary alicyclic amines) is 1. The second kappa shape index (κ2) is 7.35. The second-order valence-corrected chi connectivity index (χ2v) is 7.52. The molecule has 1 N–H and O–H groups in total. The molecule has 0 radical (unpaired) electrons. The lowest BCUT2D eigenvalue weighted by Crippen LogP contribution is -2.48. The highest BCUT2D eigenvalue weighted by Gasteiger charge is 2.33. The minimum atomic E-state index is -0.937. The summed E-state index contributed by atoms with van der Waals surface area (Å²) in [6.07, 6.45) is 2.18. The highest BCUT2D eigenvalue weighted by Crippen LogP contribution is 2.27. The highest BCUT2D eigenvalue weighted by atomic mass is 32.1. The summed E-state index contributed by atoms with van der Waals surface area (Å²) in [6, 6.07) is 7.45. The lowest BCUT2D eigenvalue weighted by Gasteiger charge is -2.32. The highest BCUT2D eigenvalue weighted by molar-refractivity contribution is 7.13. The molecule has 1 aliphatic heterocycles. The van der Waals surface area contributed by atoms with Crippen molar-refractivity contribution in [2.24, 2.45) is 0 Å². The third kappa shape index (κ3) is 3.74. The molecule has 1 aromatic heterocycles. The molecule has 0 spiro atoms. The minimum Gasteiger partial charge on any atom is -0.480 e. The van der Waals surface area contributed by atoms with E-state index in [0.29, 0.717) is 24.6 Å². The summed E-state index contributed by atoms with van der Waals surface area (Å²) in [5.74, 6) is -0.754. The van der Waals surface area contributed by atoms with Crippen molar-refractivity contribution in [1.82, 2.24) is 9.88 Å². The molecule has 1 amide bonds. The SMILES string of the molecule is CC(C)c1ccc(-c2nc(C(=O)N3CCCCC3C(=O)O)cs2)cc1. The molecule has 0 aliphatic carbocycles. The van der Waals surface area contributed by atoms with Gasteiger partial charge in [0.2, 0.25) is 0 Å². The zero-order chi connectivity index (χ0) is 18.0. The van der Waals surface area contributed by atoms with E-state index in [4.69, 9.17) is 0 Å². The molecular weight excluding hydrogens is 336 g/mol. The molecule has 1 aromatic carbocycles. The summed E-state index contributed by atoms with van der Waals surface area (Å²) in [5, 5.41) is 11.9. The summed E-state index contributed by atoms with van der Waals surface area (Å²) in [4.78, 5) is 30.0. The Labute approximate surface area is 151 Å². The summed E-state index contributed by atoms with van der Waals surface area (Å²) < 4.78 is 0. The summed E-state index contributed by atoms with van der Waals surface area (Å²) in [5.41, 5.74) is 2.57. The van der Waals surface area contributed by atoms with E-state index in [1.807, 2.05) is 12.1 Å². The molecule has 0 bridgehead atoms. The van der Waals surface area contributed by atoms with E-state index < -0.39 is 12.0 Å².